The lowest BCUT2D eigenvalue weighted by atomic mass is 9.92. The summed E-state index contributed by atoms with van der Waals surface area (Å²) in [4.78, 5) is 15.2. The summed E-state index contributed by atoms with van der Waals surface area (Å²) in [5.74, 6) is 0.166. The van der Waals surface area contributed by atoms with Crippen LogP contribution >= 0.6 is 23.2 Å². The number of phenolic OH excluding ortho intramolecular Hbond substituents is 1. The van der Waals surface area contributed by atoms with Crippen LogP contribution in [0.2, 0.25) is 28.2 Å². The molecule has 2 fully saturated rings. The van der Waals surface area contributed by atoms with Crippen LogP contribution in [0.25, 0.3) is 0 Å². The maximum absolute atomic E-state index is 13.1. The predicted octanol–water partition coefficient (Wildman–Crippen LogP) is 6.42. The van der Waals surface area contributed by atoms with E-state index in [4.69, 9.17) is 27.6 Å². The number of likely N-dealkylation sites (tertiary alicyclic amines) is 1. The molecule has 30 heavy (non-hydrogen) atoms. The summed E-state index contributed by atoms with van der Waals surface area (Å²) >= 11 is 12.5. The molecule has 1 N–H and O–H groups in total. The molecule has 7 heteroatoms. The number of hydrogen-bond acceptors (Lipinski definition) is 3. The smallest absolute Gasteiger partial charge is 0.226 e. The van der Waals surface area contributed by atoms with E-state index in [0.29, 0.717) is 28.6 Å². The van der Waals surface area contributed by atoms with Gasteiger partial charge in [0.15, 0.2) is 8.32 Å². The molecule has 0 unspecified atom stereocenters. The highest BCUT2D eigenvalue weighted by Gasteiger charge is 2.42. The highest BCUT2D eigenvalue weighted by molar-refractivity contribution is 6.74. The normalized spacial score (nSPS) is 25.8. The molecule has 1 aromatic rings. The second kappa shape index (κ2) is 9.01. The van der Waals surface area contributed by atoms with Crippen LogP contribution in [0.4, 0.5) is 0 Å². The van der Waals surface area contributed by atoms with Gasteiger partial charge in [0.05, 0.1) is 0 Å². The summed E-state index contributed by atoms with van der Waals surface area (Å²) in [5.41, 5.74) is 0.753. The van der Waals surface area contributed by atoms with E-state index in [1.54, 1.807) is 0 Å². The maximum atomic E-state index is 13.1. The van der Waals surface area contributed by atoms with E-state index in [0.717, 1.165) is 44.2 Å². The summed E-state index contributed by atoms with van der Waals surface area (Å²) < 4.78 is 6.60. The Hall–Kier alpha value is -0.753. The molecule has 0 spiro atoms. The van der Waals surface area contributed by atoms with Gasteiger partial charge in [0.25, 0.3) is 0 Å². The summed E-state index contributed by atoms with van der Waals surface area (Å²) in [5, 5.41) is 10.7. The number of rotatable bonds is 5. The van der Waals surface area contributed by atoms with Crippen molar-refractivity contribution in [3.8, 4) is 5.75 Å². The third kappa shape index (κ3) is 5.17. The summed E-state index contributed by atoms with van der Waals surface area (Å²) in [6.45, 7) is 12.3. The third-order valence-electron chi connectivity index (χ3n) is 7.28. The lowest BCUT2D eigenvalue weighted by Crippen LogP contribution is -2.47. The van der Waals surface area contributed by atoms with Gasteiger partial charge >= 0.3 is 0 Å². The van der Waals surface area contributed by atoms with Crippen LogP contribution in [0, 0.1) is 5.92 Å². The average molecular weight is 473 g/mol. The standard InChI is InChI=1S/C23H35Cl2NO3Si/c1-23(2,3)30(4,5)29-18-8-6-16(7-9-18)26-11-10-15(22(26)28)12-19-20(24)13-17(27)14-21(19)25/h13-16,18,27H,6-12H2,1-5H3/t15-,16?,18?/m0/s1. The number of carbonyl (C=O) groups is 1. The van der Waals surface area contributed by atoms with Crippen molar-refractivity contribution in [2.75, 3.05) is 6.54 Å². The number of benzene rings is 1. The van der Waals surface area contributed by atoms with Crippen molar-refractivity contribution < 1.29 is 14.3 Å². The molecule has 0 bridgehead atoms. The number of hydrogen-bond donors (Lipinski definition) is 1. The minimum absolute atomic E-state index is 0.0461. The Morgan fingerprint density at radius 1 is 1.10 bits per heavy atom. The zero-order valence-corrected chi connectivity index (χ0v) is 21.3. The molecule has 1 heterocycles. The van der Waals surface area contributed by atoms with Gasteiger partial charge < -0.3 is 14.4 Å². The van der Waals surface area contributed by atoms with E-state index in [-0.39, 0.29) is 22.6 Å². The number of nitrogens with zero attached hydrogens (tertiary/aromatic N) is 1. The number of halogens is 2. The molecule has 1 saturated heterocycles. The van der Waals surface area contributed by atoms with Crippen molar-refractivity contribution in [3.05, 3.63) is 27.7 Å². The van der Waals surface area contributed by atoms with Crippen LogP contribution in [0.3, 0.4) is 0 Å². The molecule has 0 radical (unpaired) electrons. The monoisotopic (exact) mass is 471 g/mol. The number of amides is 1. The van der Waals surface area contributed by atoms with Gasteiger partial charge in [0.2, 0.25) is 5.91 Å². The number of phenols is 1. The lowest BCUT2D eigenvalue weighted by molar-refractivity contribution is -0.133. The maximum Gasteiger partial charge on any atom is 0.226 e. The van der Waals surface area contributed by atoms with E-state index in [1.807, 2.05) is 0 Å². The van der Waals surface area contributed by atoms with Crippen molar-refractivity contribution >= 4 is 37.4 Å². The molecule has 3 rings (SSSR count). The molecular formula is C23H35Cl2NO3Si. The van der Waals surface area contributed by atoms with Crippen molar-refractivity contribution in [2.45, 2.75) is 89.6 Å². The van der Waals surface area contributed by atoms with Gasteiger partial charge in [-0.05, 0) is 74.4 Å². The van der Waals surface area contributed by atoms with E-state index in [9.17, 15) is 9.90 Å². The van der Waals surface area contributed by atoms with Crippen molar-refractivity contribution in [1.82, 2.24) is 4.90 Å². The topological polar surface area (TPSA) is 49.8 Å². The number of aromatic hydroxyl groups is 1. The Kier molecular flexibility index (Phi) is 7.18. The summed E-state index contributed by atoms with van der Waals surface area (Å²) in [6, 6.07) is 3.29. The van der Waals surface area contributed by atoms with Crippen LogP contribution in [0.5, 0.6) is 5.75 Å². The molecule has 1 aliphatic heterocycles. The zero-order valence-electron chi connectivity index (χ0n) is 18.8. The Morgan fingerprint density at radius 2 is 1.67 bits per heavy atom. The second-order valence-electron chi connectivity index (χ2n) is 10.4. The molecular weight excluding hydrogens is 437 g/mol. The van der Waals surface area contributed by atoms with Gasteiger partial charge in [0, 0.05) is 34.7 Å². The minimum Gasteiger partial charge on any atom is -0.508 e. The van der Waals surface area contributed by atoms with Crippen LogP contribution in [-0.2, 0) is 15.6 Å². The fourth-order valence-corrected chi connectivity index (χ4v) is 6.47. The molecule has 1 saturated carbocycles. The number of carbonyl (C=O) groups excluding carboxylic acids is 1. The molecule has 1 atom stereocenters. The second-order valence-corrected chi connectivity index (χ2v) is 16.0. The van der Waals surface area contributed by atoms with Gasteiger partial charge in [-0.2, -0.15) is 0 Å². The van der Waals surface area contributed by atoms with E-state index < -0.39 is 8.32 Å². The first-order valence-electron chi connectivity index (χ1n) is 11.0. The van der Waals surface area contributed by atoms with Gasteiger partial charge in [-0.1, -0.05) is 44.0 Å². The first-order valence-corrected chi connectivity index (χ1v) is 14.7. The summed E-state index contributed by atoms with van der Waals surface area (Å²) in [7, 11) is -1.75. The van der Waals surface area contributed by atoms with Crippen molar-refractivity contribution in [2.24, 2.45) is 5.92 Å². The highest BCUT2D eigenvalue weighted by atomic mass is 35.5. The molecule has 2 aliphatic rings. The van der Waals surface area contributed by atoms with Crippen LogP contribution in [0.1, 0.15) is 58.4 Å². The fourth-order valence-electron chi connectivity index (χ4n) is 4.41. The molecule has 0 aromatic heterocycles. The summed E-state index contributed by atoms with van der Waals surface area (Å²) in [6.07, 6.45) is 5.76. The quantitative estimate of drug-likeness (QED) is 0.503. The predicted molar refractivity (Wildman–Crippen MR) is 126 cm³/mol. The fraction of sp³-hybridized carbons (Fsp3) is 0.696. The van der Waals surface area contributed by atoms with Gasteiger partial charge in [0.1, 0.15) is 5.75 Å². The highest BCUT2D eigenvalue weighted by Crippen LogP contribution is 2.40. The first kappa shape index (κ1) is 23.9. The zero-order chi connectivity index (χ0) is 22.3. The van der Waals surface area contributed by atoms with Gasteiger partial charge in [-0.3, -0.25) is 4.79 Å². The van der Waals surface area contributed by atoms with Crippen LogP contribution in [0.15, 0.2) is 12.1 Å². The van der Waals surface area contributed by atoms with Crippen molar-refractivity contribution in [3.63, 3.8) is 0 Å². The van der Waals surface area contributed by atoms with Crippen LogP contribution < -0.4 is 0 Å². The Morgan fingerprint density at radius 3 is 2.20 bits per heavy atom. The molecule has 1 amide bonds. The Balaban J connectivity index is 1.56. The van der Waals surface area contributed by atoms with E-state index in [2.05, 4.69) is 38.8 Å². The van der Waals surface area contributed by atoms with Gasteiger partial charge in [-0.15, -0.1) is 0 Å². The van der Waals surface area contributed by atoms with Gasteiger partial charge in [-0.25, -0.2) is 0 Å². The average Bonchev–Trinajstić information content (AvgIpc) is 2.98. The molecule has 1 aliphatic carbocycles. The molecule has 4 nitrogen and oxygen atoms in total. The first-order chi connectivity index (χ1) is 13.9. The molecule has 168 valence electrons. The molecule has 1 aromatic carbocycles. The van der Waals surface area contributed by atoms with Crippen molar-refractivity contribution in [1.29, 1.82) is 0 Å². The Bertz CT molecular complexity index is 762. The lowest BCUT2D eigenvalue weighted by Gasteiger charge is -2.42. The van der Waals surface area contributed by atoms with Crippen LogP contribution in [-0.4, -0.2) is 42.9 Å². The Labute approximate surface area is 192 Å². The van der Waals surface area contributed by atoms with E-state index in [1.165, 1.54) is 12.1 Å². The third-order valence-corrected chi connectivity index (χ3v) is 12.5. The largest absolute Gasteiger partial charge is 0.508 e. The minimum atomic E-state index is -1.75. The SMILES string of the molecule is CC(C)(C)[Si](C)(C)OC1CCC(N2CC[C@@H](Cc3c(Cl)cc(O)cc3Cl)C2=O)CC1. The van der Waals surface area contributed by atoms with E-state index >= 15 is 0 Å².